The van der Waals surface area contributed by atoms with Crippen LogP contribution in [0.5, 0.6) is 5.75 Å². The van der Waals surface area contributed by atoms with Gasteiger partial charge in [0.1, 0.15) is 12.4 Å². The van der Waals surface area contributed by atoms with E-state index in [2.05, 4.69) is 5.32 Å². The van der Waals surface area contributed by atoms with Crippen LogP contribution in [0.3, 0.4) is 0 Å². The molecule has 0 bridgehead atoms. The normalized spacial score (nSPS) is 29.1. The molecule has 0 aromatic heterocycles. The lowest BCUT2D eigenvalue weighted by molar-refractivity contribution is -0.128. The first-order valence-electron chi connectivity index (χ1n) is 7.43. The molecule has 4 nitrogen and oxygen atoms in total. The highest BCUT2D eigenvalue weighted by atomic mass is 16.5. The maximum absolute atomic E-state index is 12.3. The van der Waals surface area contributed by atoms with Crippen molar-refractivity contribution in [2.24, 2.45) is 5.92 Å². The van der Waals surface area contributed by atoms with E-state index < -0.39 is 6.10 Å². The first kappa shape index (κ1) is 13.4. The van der Waals surface area contributed by atoms with Crippen LogP contribution < -0.4 is 10.1 Å². The number of aliphatic hydroxyl groups excluding tert-OH is 1. The van der Waals surface area contributed by atoms with Gasteiger partial charge in [0, 0.05) is 0 Å². The van der Waals surface area contributed by atoms with Gasteiger partial charge in [0.15, 0.2) is 0 Å². The highest BCUT2D eigenvalue weighted by Crippen LogP contribution is 2.27. The minimum Gasteiger partial charge on any atom is -0.492 e. The second-order valence-electron chi connectivity index (χ2n) is 5.79. The molecule has 1 aliphatic heterocycles. The highest BCUT2D eigenvalue weighted by Gasteiger charge is 2.30. The van der Waals surface area contributed by atoms with Gasteiger partial charge in [0.05, 0.1) is 18.1 Å². The molecule has 1 heterocycles. The molecule has 1 saturated carbocycles. The maximum atomic E-state index is 12.3. The molecule has 1 amide bonds. The summed E-state index contributed by atoms with van der Waals surface area (Å²) in [5.74, 6) is 0.735. The van der Waals surface area contributed by atoms with E-state index in [0.717, 1.165) is 37.0 Å². The van der Waals surface area contributed by atoms with Crippen molar-refractivity contribution in [3.8, 4) is 5.75 Å². The van der Waals surface area contributed by atoms with Crippen molar-refractivity contribution >= 4 is 5.91 Å². The third-order valence-corrected chi connectivity index (χ3v) is 4.31. The third kappa shape index (κ3) is 2.80. The molecule has 1 fully saturated rings. The fraction of sp³-hybridized carbons (Fsp3) is 0.562. The number of nitrogens with one attached hydrogen (secondary N) is 1. The molecule has 0 spiro atoms. The van der Waals surface area contributed by atoms with Gasteiger partial charge in [-0.25, -0.2) is 0 Å². The molecule has 3 atom stereocenters. The fourth-order valence-corrected chi connectivity index (χ4v) is 3.08. The summed E-state index contributed by atoms with van der Waals surface area (Å²) in [5.41, 5.74) is 1.09. The average Bonchev–Trinajstić information content (AvgIpc) is 2.49. The largest absolute Gasteiger partial charge is 0.492 e. The van der Waals surface area contributed by atoms with Crippen LogP contribution >= 0.6 is 0 Å². The average molecular weight is 275 g/mol. The first-order valence-corrected chi connectivity index (χ1v) is 7.43. The van der Waals surface area contributed by atoms with E-state index in [1.165, 1.54) is 0 Å². The Balaban J connectivity index is 1.61. The molecule has 0 saturated heterocycles. The predicted molar refractivity (Wildman–Crippen MR) is 75.5 cm³/mol. The van der Waals surface area contributed by atoms with Gasteiger partial charge in [-0.2, -0.15) is 0 Å². The van der Waals surface area contributed by atoms with E-state index in [1.807, 2.05) is 24.3 Å². The second kappa shape index (κ2) is 5.83. The van der Waals surface area contributed by atoms with Gasteiger partial charge in [0.2, 0.25) is 5.91 Å². The van der Waals surface area contributed by atoms with Crippen molar-refractivity contribution in [1.29, 1.82) is 0 Å². The van der Waals surface area contributed by atoms with Crippen LogP contribution in [0.1, 0.15) is 31.2 Å². The summed E-state index contributed by atoms with van der Waals surface area (Å²) >= 11 is 0. The summed E-state index contributed by atoms with van der Waals surface area (Å²) in [4.78, 5) is 12.3. The molecule has 20 heavy (non-hydrogen) atoms. The third-order valence-electron chi connectivity index (χ3n) is 4.31. The summed E-state index contributed by atoms with van der Waals surface area (Å²) < 4.78 is 5.65. The number of hydrogen-bond acceptors (Lipinski definition) is 3. The molecule has 1 aromatic carbocycles. The zero-order chi connectivity index (χ0) is 13.9. The van der Waals surface area contributed by atoms with Crippen LogP contribution in [-0.4, -0.2) is 29.8 Å². The van der Waals surface area contributed by atoms with Crippen LogP contribution in [0.4, 0.5) is 0 Å². The van der Waals surface area contributed by atoms with E-state index in [9.17, 15) is 9.90 Å². The van der Waals surface area contributed by atoms with E-state index in [4.69, 9.17) is 4.74 Å². The van der Waals surface area contributed by atoms with Gasteiger partial charge in [-0.05, 0) is 30.9 Å². The van der Waals surface area contributed by atoms with Gasteiger partial charge in [-0.3, -0.25) is 4.79 Å². The summed E-state index contributed by atoms with van der Waals surface area (Å²) in [5, 5.41) is 12.9. The Morgan fingerprint density at radius 3 is 2.90 bits per heavy atom. The molecular weight excluding hydrogens is 254 g/mol. The second-order valence-corrected chi connectivity index (χ2v) is 5.79. The zero-order valence-electron chi connectivity index (χ0n) is 11.5. The lowest BCUT2D eigenvalue weighted by Gasteiger charge is -2.31. The van der Waals surface area contributed by atoms with Gasteiger partial charge >= 0.3 is 0 Å². The fourth-order valence-electron chi connectivity index (χ4n) is 3.08. The Hall–Kier alpha value is -1.55. The van der Waals surface area contributed by atoms with Crippen LogP contribution in [0.25, 0.3) is 0 Å². The van der Waals surface area contributed by atoms with Crippen LogP contribution in [0, 0.1) is 5.92 Å². The number of hydrogen-bond donors (Lipinski definition) is 2. The molecule has 2 aliphatic rings. The Kier molecular flexibility index (Phi) is 3.92. The van der Waals surface area contributed by atoms with Crippen LogP contribution in [0.2, 0.25) is 0 Å². The van der Waals surface area contributed by atoms with Crippen molar-refractivity contribution in [1.82, 2.24) is 5.32 Å². The lowest BCUT2D eigenvalue weighted by Crippen LogP contribution is -2.48. The lowest BCUT2D eigenvalue weighted by atomic mass is 9.91. The number of rotatable bonds is 2. The number of para-hydroxylation sites is 1. The Morgan fingerprint density at radius 2 is 2.05 bits per heavy atom. The number of carbonyl (C=O) groups excluding carboxylic acids is 1. The minimum absolute atomic E-state index is 0.00505. The van der Waals surface area contributed by atoms with Crippen LogP contribution in [-0.2, 0) is 11.2 Å². The Labute approximate surface area is 119 Å². The molecule has 3 rings (SSSR count). The van der Waals surface area contributed by atoms with E-state index in [1.54, 1.807) is 0 Å². The van der Waals surface area contributed by atoms with Crippen molar-refractivity contribution < 1.29 is 14.6 Å². The topological polar surface area (TPSA) is 58.6 Å². The molecule has 4 heteroatoms. The van der Waals surface area contributed by atoms with E-state index >= 15 is 0 Å². The summed E-state index contributed by atoms with van der Waals surface area (Å²) in [6, 6.07) is 7.76. The molecule has 1 aliphatic carbocycles. The number of amides is 1. The smallest absolute Gasteiger partial charge is 0.227 e. The Bertz CT molecular complexity index is 488. The van der Waals surface area contributed by atoms with Crippen molar-refractivity contribution in [3.05, 3.63) is 29.8 Å². The predicted octanol–water partition coefficient (Wildman–Crippen LogP) is 1.66. The number of benzene rings is 1. The standard InChI is InChI=1S/C16H21NO3/c18-14-7-3-2-6-13(14)17-16(19)12-9-11-5-1-4-8-15(11)20-10-12/h1,4-5,8,12-14,18H,2-3,6-7,9-10H2,(H,17,19)/t12?,13-,14-/m1/s1. The SMILES string of the molecule is O=C(N[C@@H]1CCCC[C@H]1O)C1COc2ccccc2C1. The Morgan fingerprint density at radius 1 is 1.25 bits per heavy atom. The molecule has 2 N–H and O–H groups in total. The summed E-state index contributed by atoms with van der Waals surface area (Å²) in [7, 11) is 0. The van der Waals surface area contributed by atoms with Gasteiger partial charge < -0.3 is 15.2 Å². The highest BCUT2D eigenvalue weighted by molar-refractivity contribution is 5.80. The maximum Gasteiger partial charge on any atom is 0.227 e. The molecular formula is C16H21NO3. The number of ether oxygens (including phenoxy) is 1. The van der Waals surface area contributed by atoms with Gasteiger partial charge in [-0.1, -0.05) is 31.0 Å². The first-order chi connectivity index (χ1) is 9.74. The molecule has 1 unspecified atom stereocenters. The molecule has 1 aromatic rings. The summed E-state index contributed by atoms with van der Waals surface area (Å²) in [6.45, 7) is 0.422. The molecule has 0 radical (unpaired) electrons. The van der Waals surface area contributed by atoms with Gasteiger partial charge in [0.25, 0.3) is 0 Å². The molecule has 108 valence electrons. The van der Waals surface area contributed by atoms with Crippen LogP contribution in [0.15, 0.2) is 24.3 Å². The van der Waals surface area contributed by atoms with Crippen molar-refractivity contribution in [2.45, 2.75) is 44.2 Å². The van der Waals surface area contributed by atoms with Crippen molar-refractivity contribution in [2.75, 3.05) is 6.61 Å². The number of fused-ring (bicyclic) bond motifs is 1. The number of aliphatic hydroxyl groups is 1. The summed E-state index contributed by atoms with van der Waals surface area (Å²) in [6.07, 6.45) is 4.10. The monoisotopic (exact) mass is 275 g/mol. The quantitative estimate of drug-likeness (QED) is 0.863. The minimum atomic E-state index is -0.399. The zero-order valence-corrected chi connectivity index (χ0v) is 11.5. The van der Waals surface area contributed by atoms with E-state index in [-0.39, 0.29) is 17.9 Å². The number of carbonyl (C=O) groups is 1. The van der Waals surface area contributed by atoms with Crippen molar-refractivity contribution in [3.63, 3.8) is 0 Å². The van der Waals surface area contributed by atoms with E-state index in [0.29, 0.717) is 13.0 Å². The van der Waals surface area contributed by atoms with Gasteiger partial charge in [-0.15, -0.1) is 0 Å².